The number of rotatable bonds is 6. The molecule has 0 radical (unpaired) electrons. The van der Waals surface area contributed by atoms with Crippen molar-refractivity contribution in [3.8, 4) is 5.75 Å². The maximum atomic E-state index is 12.5. The second-order valence-corrected chi connectivity index (χ2v) is 6.82. The summed E-state index contributed by atoms with van der Waals surface area (Å²) in [5.74, 6) is -1.62. The number of esters is 2. The van der Waals surface area contributed by atoms with E-state index in [1.54, 1.807) is 0 Å². The van der Waals surface area contributed by atoms with E-state index in [0.717, 1.165) is 0 Å². The Kier molecular flexibility index (Phi) is 7.38. The first-order valence-corrected chi connectivity index (χ1v) is 8.02. The minimum Gasteiger partial charge on any atom is -0.506 e. The number of fused-ring (bicyclic) bond motifs is 1. The molecule has 1 heterocycles. The van der Waals surface area contributed by atoms with Crippen molar-refractivity contribution in [1.29, 1.82) is 0 Å². The van der Waals surface area contributed by atoms with Crippen LogP contribution >= 0.6 is 12.4 Å². The number of carbonyl (C=O) groups is 3. The lowest BCUT2D eigenvalue weighted by Crippen LogP contribution is -2.39. The standard InChI is InChI=1S/C18H22N2O6.ClH/c1-10(21)25-9-26-17(24)13-7-12-11(5-6-14(22)16(12)20-13)15(23)8-19-18(2,3)4;/h5-7,19-20,22H,8-9H2,1-4H3;1H. The average molecular weight is 399 g/mol. The van der Waals surface area contributed by atoms with Crippen LogP contribution in [0.4, 0.5) is 0 Å². The Hall–Kier alpha value is -2.58. The van der Waals surface area contributed by atoms with E-state index in [1.807, 2.05) is 20.8 Å². The van der Waals surface area contributed by atoms with Gasteiger partial charge in [0.2, 0.25) is 6.79 Å². The molecule has 0 spiro atoms. The normalized spacial score (nSPS) is 11.0. The third kappa shape index (κ3) is 5.97. The second kappa shape index (κ2) is 8.88. The molecular weight excluding hydrogens is 376 g/mol. The number of hydrogen-bond acceptors (Lipinski definition) is 7. The number of H-pyrrole nitrogens is 1. The molecule has 0 aliphatic heterocycles. The predicted molar refractivity (Wildman–Crippen MR) is 101 cm³/mol. The van der Waals surface area contributed by atoms with E-state index in [9.17, 15) is 19.5 Å². The molecule has 0 unspecified atom stereocenters. The Morgan fingerprint density at radius 1 is 1.19 bits per heavy atom. The number of carbonyl (C=O) groups excluding carboxylic acids is 3. The summed E-state index contributed by atoms with van der Waals surface area (Å²) >= 11 is 0. The fourth-order valence-corrected chi connectivity index (χ4v) is 2.24. The molecule has 0 aliphatic rings. The lowest BCUT2D eigenvalue weighted by Gasteiger charge is -2.20. The number of Topliss-reactive ketones (excluding diaryl/α,β-unsaturated/α-hetero) is 1. The number of halogens is 1. The lowest BCUT2D eigenvalue weighted by atomic mass is 10.0. The molecule has 0 aliphatic carbocycles. The zero-order chi connectivity index (χ0) is 19.5. The quantitative estimate of drug-likeness (QED) is 0.388. The molecule has 3 N–H and O–H groups in total. The lowest BCUT2D eigenvalue weighted by molar-refractivity contribution is -0.149. The van der Waals surface area contributed by atoms with Crippen LogP contribution in [0.1, 0.15) is 48.5 Å². The van der Waals surface area contributed by atoms with Crippen LogP contribution in [0, 0.1) is 0 Å². The fourth-order valence-electron chi connectivity index (χ4n) is 2.24. The van der Waals surface area contributed by atoms with Gasteiger partial charge in [-0.1, -0.05) is 0 Å². The van der Waals surface area contributed by atoms with Crippen molar-refractivity contribution in [3.63, 3.8) is 0 Å². The van der Waals surface area contributed by atoms with E-state index in [-0.39, 0.29) is 47.2 Å². The number of aromatic nitrogens is 1. The predicted octanol–water partition coefficient (Wildman–Crippen LogP) is 2.54. The molecule has 0 amide bonds. The third-order valence-corrected chi connectivity index (χ3v) is 3.52. The fraction of sp³-hybridized carbons (Fsp3) is 0.389. The minimum atomic E-state index is -0.770. The Morgan fingerprint density at radius 3 is 2.44 bits per heavy atom. The van der Waals surface area contributed by atoms with Crippen molar-refractivity contribution in [2.75, 3.05) is 13.3 Å². The number of hydrogen-bond donors (Lipinski definition) is 3. The van der Waals surface area contributed by atoms with E-state index < -0.39 is 18.7 Å². The number of aromatic amines is 1. The van der Waals surface area contributed by atoms with Crippen LogP contribution in [-0.4, -0.2) is 46.7 Å². The molecule has 9 heteroatoms. The molecule has 0 bridgehead atoms. The van der Waals surface area contributed by atoms with Gasteiger partial charge in [0.1, 0.15) is 11.4 Å². The van der Waals surface area contributed by atoms with Crippen LogP contribution in [0.2, 0.25) is 0 Å². The van der Waals surface area contributed by atoms with Crippen LogP contribution in [-0.2, 0) is 14.3 Å². The summed E-state index contributed by atoms with van der Waals surface area (Å²) in [5, 5.41) is 13.5. The van der Waals surface area contributed by atoms with Gasteiger partial charge >= 0.3 is 11.9 Å². The second-order valence-electron chi connectivity index (χ2n) is 6.82. The number of benzene rings is 1. The maximum Gasteiger partial charge on any atom is 0.357 e. The highest BCUT2D eigenvalue weighted by atomic mass is 35.5. The Balaban J connectivity index is 0.00000364. The SMILES string of the molecule is CC(=O)OCOC(=O)c1cc2c(C(=O)CNC(C)(C)C)ccc(O)c2[nH]1.Cl. The van der Waals surface area contributed by atoms with Crippen molar-refractivity contribution >= 4 is 41.0 Å². The van der Waals surface area contributed by atoms with Crippen molar-refractivity contribution in [3.05, 3.63) is 29.5 Å². The van der Waals surface area contributed by atoms with Gasteiger partial charge in [0, 0.05) is 23.4 Å². The molecule has 0 atom stereocenters. The highest BCUT2D eigenvalue weighted by Gasteiger charge is 2.20. The number of phenolic OH excluding ortho intramolecular Hbond substituents is 1. The molecule has 2 aromatic rings. The van der Waals surface area contributed by atoms with E-state index in [2.05, 4.69) is 15.0 Å². The zero-order valence-electron chi connectivity index (χ0n) is 15.5. The van der Waals surface area contributed by atoms with Crippen molar-refractivity contribution in [2.24, 2.45) is 0 Å². The van der Waals surface area contributed by atoms with Gasteiger partial charge in [-0.25, -0.2) is 4.79 Å². The minimum absolute atomic E-state index is 0. The molecule has 8 nitrogen and oxygen atoms in total. The van der Waals surface area contributed by atoms with Crippen molar-refractivity contribution in [1.82, 2.24) is 10.3 Å². The molecule has 0 fully saturated rings. The van der Waals surface area contributed by atoms with Gasteiger partial charge in [-0.2, -0.15) is 0 Å². The van der Waals surface area contributed by atoms with Gasteiger partial charge in [0.15, 0.2) is 5.78 Å². The molecule has 2 rings (SSSR count). The Morgan fingerprint density at radius 2 is 1.85 bits per heavy atom. The summed E-state index contributed by atoms with van der Waals surface area (Å²) in [4.78, 5) is 38.0. The molecule has 1 aromatic heterocycles. The highest BCUT2D eigenvalue weighted by Crippen LogP contribution is 2.28. The van der Waals surface area contributed by atoms with E-state index >= 15 is 0 Å². The van der Waals surface area contributed by atoms with Gasteiger partial charge in [-0.3, -0.25) is 9.59 Å². The first kappa shape index (κ1) is 22.5. The summed E-state index contributed by atoms with van der Waals surface area (Å²) in [6.07, 6.45) is 0. The molecule has 0 saturated carbocycles. The molecule has 1 aromatic carbocycles. The van der Waals surface area contributed by atoms with Gasteiger partial charge in [0.05, 0.1) is 12.1 Å². The largest absolute Gasteiger partial charge is 0.506 e. The van der Waals surface area contributed by atoms with E-state index in [0.29, 0.717) is 10.9 Å². The smallest absolute Gasteiger partial charge is 0.357 e. The summed E-state index contributed by atoms with van der Waals surface area (Å²) in [6, 6.07) is 4.32. The summed E-state index contributed by atoms with van der Waals surface area (Å²) in [6.45, 7) is 6.62. The Labute approximate surface area is 162 Å². The first-order valence-electron chi connectivity index (χ1n) is 8.02. The number of ketones is 1. The Bertz CT molecular complexity index is 853. The molecular formula is C18H23ClN2O6. The van der Waals surface area contributed by atoms with Crippen molar-refractivity contribution < 1.29 is 29.0 Å². The van der Waals surface area contributed by atoms with Crippen LogP contribution in [0.5, 0.6) is 5.75 Å². The number of phenols is 1. The number of nitrogens with one attached hydrogen (secondary N) is 2. The van der Waals surface area contributed by atoms with Gasteiger partial charge in [-0.15, -0.1) is 12.4 Å². The van der Waals surface area contributed by atoms with Crippen LogP contribution in [0.25, 0.3) is 10.9 Å². The average Bonchev–Trinajstić information content (AvgIpc) is 2.98. The van der Waals surface area contributed by atoms with Crippen LogP contribution in [0.3, 0.4) is 0 Å². The highest BCUT2D eigenvalue weighted by molar-refractivity contribution is 6.11. The van der Waals surface area contributed by atoms with Crippen molar-refractivity contribution in [2.45, 2.75) is 33.2 Å². The molecule has 0 saturated heterocycles. The topological polar surface area (TPSA) is 118 Å². The van der Waals surface area contributed by atoms with Gasteiger partial charge in [-0.05, 0) is 39.0 Å². The first-order chi connectivity index (χ1) is 12.1. The van der Waals surface area contributed by atoms with Gasteiger partial charge < -0.3 is 24.9 Å². The summed E-state index contributed by atoms with van der Waals surface area (Å²) in [5.41, 5.74) is 0.428. The van der Waals surface area contributed by atoms with Crippen LogP contribution in [0.15, 0.2) is 18.2 Å². The van der Waals surface area contributed by atoms with E-state index in [1.165, 1.54) is 25.1 Å². The zero-order valence-corrected chi connectivity index (χ0v) is 16.4. The third-order valence-electron chi connectivity index (χ3n) is 3.52. The number of aromatic hydroxyl groups is 1. The van der Waals surface area contributed by atoms with Crippen LogP contribution < -0.4 is 5.32 Å². The summed E-state index contributed by atoms with van der Waals surface area (Å²) < 4.78 is 9.36. The maximum absolute atomic E-state index is 12.5. The van der Waals surface area contributed by atoms with E-state index in [4.69, 9.17) is 4.74 Å². The number of ether oxygens (including phenoxy) is 2. The molecule has 148 valence electrons. The summed E-state index contributed by atoms with van der Waals surface area (Å²) in [7, 11) is 0. The molecule has 27 heavy (non-hydrogen) atoms. The monoisotopic (exact) mass is 398 g/mol. The van der Waals surface area contributed by atoms with Gasteiger partial charge in [0.25, 0.3) is 0 Å².